The second-order valence-corrected chi connectivity index (χ2v) is 4.51. The maximum absolute atomic E-state index is 11.5. The molecule has 1 aromatic rings. The molecule has 2 amide bonds. The summed E-state index contributed by atoms with van der Waals surface area (Å²) in [7, 11) is 0. The summed E-state index contributed by atoms with van der Waals surface area (Å²) in [5, 5.41) is 28.6. The first-order valence-electron chi connectivity index (χ1n) is 6.38. The predicted molar refractivity (Wildman–Crippen MR) is 71.9 cm³/mol. The van der Waals surface area contributed by atoms with Crippen LogP contribution in [-0.4, -0.2) is 51.0 Å². The van der Waals surface area contributed by atoms with Gasteiger partial charge in [0.05, 0.1) is 12.6 Å². The molecule has 1 heterocycles. The Morgan fingerprint density at radius 2 is 2.10 bits per heavy atom. The number of nitrogens with one attached hydrogen (secondary N) is 3. The SMILES string of the molecule is Cc1[nH]ncc1CCCNC(=O)N[C@H](CC(=O)O)C(=O)O. The molecular weight excluding hydrogens is 280 g/mol. The van der Waals surface area contributed by atoms with Gasteiger partial charge in [0.25, 0.3) is 0 Å². The van der Waals surface area contributed by atoms with Crippen LogP contribution in [0.2, 0.25) is 0 Å². The summed E-state index contributed by atoms with van der Waals surface area (Å²) in [4.78, 5) is 32.7. The van der Waals surface area contributed by atoms with E-state index < -0.39 is 30.4 Å². The second-order valence-electron chi connectivity index (χ2n) is 4.51. The summed E-state index contributed by atoms with van der Waals surface area (Å²) < 4.78 is 0. The van der Waals surface area contributed by atoms with E-state index in [9.17, 15) is 14.4 Å². The minimum absolute atomic E-state index is 0.343. The van der Waals surface area contributed by atoms with Crippen molar-refractivity contribution in [1.29, 1.82) is 0 Å². The Morgan fingerprint density at radius 1 is 1.38 bits per heavy atom. The number of aromatic amines is 1. The first-order chi connectivity index (χ1) is 9.90. The number of hydrogen-bond acceptors (Lipinski definition) is 4. The standard InChI is InChI=1S/C12H18N4O5/c1-7-8(6-14-16-7)3-2-4-13-12(21)15-9(11(19)20)5-10(17)18/h6,9H,2-5H2,1H3,(H,14,16)(H,17,18)(H,19,20)(H2,13,15,21)/t9-/m1/s1. The minimum atomic E-state index is -1.45. The van der Waals surface area contributed by atoms with Crippen molar-refractivity contribution in [3.63, 3.8) is 0 Å². The van der Waals surface area contributed by atoms with Gasteiger partial charge in [0.15, 0.2) is 0 Å². The highest BCUT2D eigenvalue weighted by Gasteiger charge is 2.22. The van der Waals surface area contributed by atoms with E-state index in [1.165, 1.54) is 0 Å². The lowest BCUT2D eigenvalue weighted by atomic mass is 10.1. The van der Waals surface area contributed by atoms with Crippen molar-refractivity contribution >= 4 is 18.0 Å². The molecular formula is C12H18N4O5. The molecule has 0 saturated heterocycles. The summed E-state index contributed by atoms with van der Waals surface area (Å²) in [6, 6.07) is -2.15. The number of rotatable bonds is 8. The van der Waals surface area contributed by atoms with Crippen LogP contribution < -0.4 is 10.6 Å². The fourth-order valence-electron chi connectivity index (χ4n) is 1.69. The van der Waals surface area contributed by atoms with Gasteiger partial charge in [-0.1, -0.05) is 0 Å². The van der Waals surface area contributed by atoms with Crippen LogP contribution in [0.5, 0.6) is 0 Å². The van der Waals surface area contributed by atoms with Crippen molar-refractivity contribution in [3.8, 4) is 0 Å². The van der Waals surface area contributed by atoms with E-state index in [-0.39, 0.29) is 0 Å². The van der Waals surface area contributed by atoms with Crippen molar-refractivity contribution < 1.29 is 24.6 Å². The molecule has 9 heteroatoms. The fraction of sp³-hybridized carbons (Fsp3) is 0.500. The maximum Gasteiger partial charge on any atom is 0.326 e. The van der Waals surface area contributed by atoms with Gasteiger partial charge >= 0.3 is 18.0 Å². The zero-order valence-electron chi connectivity index (χ0n) is 11.5. The van der Waals surface area contributed by atoms with Crippen LogP contribution in [0, 0.1) is 6.92 Å². The summed E-state index contributed by atoms with van der Waals surface area (Å²) in [6.45, 7) is 2.24. The van der Waals surface area contributed by atoms with Crippen LogP contribution in [0.4, 0.5) is 4.79 Å². The number of carboxylic acid groups (broad SMARTS) is 2. The highest BCUT2D eigenvalue weighted by atomic mass is 16.4. The number of aryl methyl sites for hydroxylation is 2. The number of carboxylic acids is 2. The number of amides is 2. The largest absolute Gasteiger partial charge is 0.481 e. The Morgan fingerprint density at radius 3 is 2.62 bits per heavy atom. The Bertz CT molecular complexity index is 514. The van der Waals surface area contributed by atoms with Crippen LogP contribution in [0.1, 0.15) is 24.1 Å². The molecule has 0 aliphatic rings. The summed E-state index contributed by atoms with van der Waals surface area (Å²) in [5.74, 6) is -2.68. The molecule has 0 saturated carbocycles. The smallest absolute Gasteiger partial charge is 0.326 e. The van der Waals surface area contributed by atoms with Gasteiger partial charge in [-0.05, 0) is 25.3 Å². The Kier molecular flexibility index (Phi) is 6.18. The highest BCUT2D eigenvalue weighted by molar-refractivity contribution is 5.86. The van der Waals surface area contributed by atoms with Gasteiger partial charge in [-0.2, -0.15) is 5.10 Å². The van der Waals surface area contributed by atoms with Gasteiger partial charge in [-0.15, -0.1) is 0 Å². The molecule has 5 N–H and O–H groups in total. The molecule has 1 atom stereocenters. The van der Waals surface area contributed by atoms with Crippen LogP contribution in [0.25, 0.3) is 0 Å². The Labute approximate surface area is 120 Å². The van der Waals surface area contributed by atoms with Crippen LogP contribution in [-0.2, 0) is 16.0 Å². The molecule has 21 heavy (non-hydrogen) atoms. The lowest BCUT2D eigenvalue weighted by molar-refractivity contribution is -0.145. The van der Waals surface area contributed by atoms with Gasteiger partial charge < -0.3 is 20.8 Å². The normalized spacial score (nSPS) is 11.7. The fourth-order valence-corrected chi connectivity index (χ4v) is 1.69. The Hall–Kier alpha value is -2.58. The van der Waals surface area contributed by atoms with Crippen molar-refractivity contribution in [1.82, 2.24) is 20.8 Å². The third-order valence-electron chi connectivity index (χ3n) is 2.82. The van der Waals surface area contributed by atoms with E-state index in [4.69, 9.17) is 10.2 Å². The van der Waals surface area contributed by atoms with Crippen molar-refractivity contribution in [2.24, 2.45) is 0 Å². The van der Waals surface area contributed by atoms with Crippen LogP contribution in [0.3, 0.4) is 0 Å². The zero-order chi connectivity index (χ0) is 15.8. The number of aromatic nitrogens is 2. The number of aliphatic carboxylic acids is 2. The number of carbonyl (C=O) groups is 3. The highest BCUT2D eigenvalue weighted by Crippen LogP contribution is 2.04. The average molecular weight is 298 g/mol. The van der Waals surface area contributed by atoms with Crippen molar-refractivity contribution in [2.45, 2.75) is 32.2 Å². The van der Waals surface area contributed by atoms with Gasteiger partial charge in [0.1, 0.15) is 6.04 Å². The summed E-state index contributed by atoms with van der Waals surface area (Å²) in [6.07, 6.45) is 2.42. The molecule has 0 unspecified atom stereocenters. The molecule has 0 fully saturated rings. The molecule has 116 valence electrons. The van der Waals surface area contributed by atoms with Gasteiger partial charge in [-0.3, -0.25) is 9.89 Å². The molecule has 0 aromatic carbocycles. The number of carbonyl (C=O) groups excluding carboxylic acids is 1. The predicted octanol–water partition coefficient (Wildman–Crippen LogP) is -0.122. The van der Waals surface area contributed by atoms with E-state index in [1.807, 2.05) is 6.92 Å². The molecule has 9 nitrogen and oxygen atoms in total. The zero-order valence-corrected chi connectivity index (χ0v) is 11.5. The minimum Gasteiger partial charge on any atom is -0.481 e. The van der Waals surface area contributed by atoms with E-state index in [1.54, 1.807) is 6.20 Å². The van der Waals surface area contributed by atoms with E-state index in [0.717, 1.165) is 17.7 Å². The Balaban J connectivity index is 2.28. The van der Waals surface area contributed by atoms with E-state index in [0.29, 0.717) is 13.0 Å². The van der Waals surface area contributed by atoms with Gasteiger partial charge in [0, 0.05) is 12.2 Å². The first-order valence-corrected chi connectivity index (χ1v) is 6.38. The molecule has 1 rings (SSSR count). The third kappa shape index (κ3) is 5.93. The number of hydrogen-bond donors (Lipinski definition) is 5. The van der Waals surface area contributed by atoms with Crippen LogP contribution in [0.15, 0.2) is 6.20 Å². The molecule has 0 radical (unpaired) electrons. The molecule has 0 bridgehead atoms. The van der Waals surface area contributed by atoms with Crippen molar-refractivity contribution in [3.05, 3.63) is 17.5 Å². The topological polar surface area (TPSA) is 144 Å². The molecule has 0 aliphatic carbocycles. The molecule has 0 aliphatic heterocycles. The van der Waals surface area contributed by atoms with Gasteiger partial charge in [0.2, 0.25) is 0 Å². The third-order valence-corrected chi connectivity index (χ3v) is 2.82. The summed E-state index contributed by atoms with van der Waals surface area (Å²) >= 11 is 0. The number of nitrogens with zero attached hydrogens (tertiary/aromatic N) is 1. The second kappa shape index (κ2) is 7.88. The molecule has 1 aromatic heterocycles. The van der Waals surface area contributed by atoms with E-state index >= 15 is 0 Å². The summed E-state index contributed by atoms with van der Waals surface area (Å²) in [5.41, 5.74) is 2.01. The lowest BCUT2D eigenvalue weighted by Gasteiger charge is -2.13. The first kappa shape index (κ1) is 16.5. The lowest BCUT2D eigenvalue weighted by Crippen LogP contribution is -2.47. The quantitative estimate of drug-likeness (QED) is 0.423. The van der Waals surface area contributed by atoms with Crippen molar-refractivity contribution in [2.75, 3.05) is 6.54 Å². The monoisotopic (exact) mass is 298 g/mol. The number of H-pyrrole nitrogens is 1. The maximum atomic E-state index is 11.5. The number of urea groups is 1. The van der Waals surface area contributed by atoms with Crippen LogP contribution >= 0.6 is 0 Å². The van der Waals surface area contributed by atoms with E-state index in [2.05, 4.69) is 20.8 Å². The van der Waals surface area contributed by atoms with Gasteiger partial charge in [-0.25, -0.2) is 9.59 Å². The average Bonchev–Trinajstić information content (AvgIpc) is 2.79. The molecule has 0 spiro atoms.